The van der Waals surface area contributed by atoms with Crippen LogP contribution in [0.5, 0.6) is 0 Å². The number of nitrogens with zero attached hydrogens (tertiary/aromatic N) is 1. The third-order valence-corrected chi connectivity index (χ3v) is 3.64. The van der Waals surface area contributed by atoms with Crippen LogP contribution in [0.15, 0.2) is 0 Å². The van der Waals surface area contributed by atoms with Crippen molar-refractivity contribution in [3.8, 4) is 0 Å². The summed E-state index contributed by atoms with van der Waals surface area (Å²) >= 11 is 0. The average Bonchev–Trinajstić information content (AvgIpc) is 2.75. The lowest BCUT2D eigenvalue weighted by Crippen LogP contribution is -2.30. The summed E-state index contributed by atoms with van der Waals surface area (Å²) in [4.78, 5) is 2.67. The standard InChI is InChI=1S/C10H19N.C3H9N.H2/c1-3-9(2)11-7-6-10(8-11)4-5-10;1-3(2)4;/h9H,3-8H2,1-2H3;3H,4H2,1-2H3;1H. The Hall–Kier alpha value is -0.0800. The second-order valence-corrected chi connectivity index (χ2v) is 5.72. The Bertz CT molecular complexity index is 188. The van der Waals surface area contributed by atoms with E-state index in [2.05, 4.69) is 18.7 Å². The number of hydrogen-bond acceptors (Lipinski definition) is 2. The highest BCUT2D eigenvalue weighted by molar-refractivity contribution is 5.01. The van der Waals surface area contributed by atoms with E-state index in [1.165, 1.54) is 38.8 Å². The molecule has 1 aliphatic heterocycles. The van der Waals surface area contributed by atoms with Crippen LogP contribution in [0.4, 0.5) is 0 Å². The van der Waals surface area contributed by atoms with Crippen molar-refractivity contribution in [2.24, 2.45) is 11.1 Å². The summed E-state index contributed by atoms with van der Waals surface area (Å²) in [5.74, 6) is 0. The molecule has 1 unspecified atom stereocenters. The van der Waals surface area contributed by atoms with Crippen LogP contribution >= 0.6 is 0 Å². The van der Waals surface area contributed by atoms with Crippen LogP contribution in [0.25, 0.3) is 0 Å². The Morgan fingerprint density at radius 1 is 1.27 bits per heavy atom. The monoisotopic (exact) mass is 214 g/mol. The van der Waals surface area contributed by atoms with E-state index in [-0.39, 0.29) is 1.43 Å². The van der Waals surface area contributed by atoms with Gasteiger partial charge in [0.15, 0.2) is 0 Å². The van der Waals surface area contributed by atoms with Gasteiger partial charge in [-0.2, -0.15) is 0 Å². The van der Waals surface area contributed by atoms with Crippen molar-refractivity contribution in [2.75, 3.05) is 13.1 Å². The molecule has 0 amide bonds. The van der Waals surface area contributed by atoms with E-state index in [0.29, 0.717) is 6.04 Å². The van der Waals surface area contributed by atoms with E-state index < -0.39 is 0 Å². The molecule has 2 rings (SSSR count). The van der Waals surface area contributed by atoms with E-state index in [1.54, 1.807) is 0 Å². The SMILES string of the molecule is CC(C)N.CCC(C)N1CCC2(CC2)C1.[HH]. The van der Waals surface area contributed by atoms with Crippen molar-refractivity contribution in [3.05, 3.63) is 0 Å². The van der Waals surface area contributed by atoms with Crippen LogP contribution in [0.1, 0.15) is 54.8 Å². The van der Waals surface area contributed by atoms with Gasteiger partial charge in [-0.15, -0.1) is 0 Å². The van der Waals surface area contributed by atoms with Gasteiger partial charge in [0.05, 0.1) is 0 Å². The summed E-state index contributed by atoms with van der Waals surface area (Å²) in [5, 5.41) is 0. The molecule has 1 atom stereocenters. The van der Waals surface area contributed by atoms with Crippen molar-refractivity contribution in [2.45, 2.75) is 65.5 Å². The fourth-order valence-corrected chi connectivity index (χ4v) is 2.19. The van der Waals surface area contributed by atoms with Gasteiger partial charge in [0, 0.05) is 14.0 Å². The predicted molar refractivity (Wildman–Crippen MR) is 69.0 cm³/mol. The zero-order valence-corrected chi connectivity index (χ0v) is 10.9. The first-order valence-corrected chi connectivity index (χ1v) is 6.49. The molecule has 1 saturated heterocycles. The van der Waals surface area contributed by atoms with Gasteiger partial charge < -0.3 is 10.6 Å². The molecule has 0 aromatic rings. The molecule has 0 aromatic carbocycles. The second-order valence-electron chi connectivity index (χ2n) is 5.72. The normalized spacial score (nSPS) is 25.2. The van der Waals surface area contributed by atoms with Gasteiger partial charge in [-0.05, 0) is 50.6 Å². The van der Waals surface area contributed by atoms with Crippen molar-refractivity contribution in [1.82, 2.24) is 4.90 Å². The molecule has 1 spiro atoms. The highest BCUT2D eigenvalue weighted by atomic mass is 15.2. The van der Waals surface area contributed by atoms with Gasteiger partial charge in [0.2, 0.25) is 0 Å². The van der Waals surface area contributed by atoms with Crippen LogP contribution in [-0.2, 0) is 0 Å². The first-order chi connectivity index (χ1) is 6.99. The largest absolute Gasteiger partial charge is 0.328 e. The van der Waals surface area contributed by atoms with E-state index in [1.807, 2.05) is 13.8 Å². The molecule has 92 valence electrons. The molecule has 2 aliphatic rings. The van der Waals surface area contributed by atoms with Gasteiger partial charge in [-0.1, -0.05) is 20.8 Å². The lowest BCUT2D eigenvalue weighted by atomic mass is 10.1. The van der Waals surface area contributed by atoms with E-state index in [4.69, 9.17) is 5.73 Å². The minimum absolute atomic E-state index is 0. The van der Waals surface area contributed by atoms with E-state index in [9.17, 15) is 0 Å². The Labute approximate surface area is 96.7 Å². The number of hydrogen-bond donors (Lipinski definition) is 1. The van der Waals surface area contributed by atoms with Gasteiger partial charge in [-0.25, -0.2) is 0 Å². The highest BCUT2D eigenvalue weighted by Crippen LogP contribution is 2.53. The molecule has 1 aliphatic carbocycles. The number of likely N-dealkylation sites (tertiary alicyclic amines) is 1. The van der Waals surface area contributed by atoms with Crippen LogP contribution < -0.4 is 5.73 Å². The van der Waals surface area contributed by atoms with E-state index in [0.717, 1.165) is 11.5 Å². The second kappa shape index (κ2) is 5.31. The average molecular weight is 214 g/mol. The van der Waals surface area contributed by atoms with Gasteiger partial charge in [0.1, 0.15) is 0 Å². The van der Waals surface area contributed by atoms with Crippen LogP contribution in [0.3, 0.4) is 0 Å². The lowest BCUT2D eigenvalue weighted by molar-refractivity contribution is 0.241. The van der Waals surface area contributed by atoms with Gasteiger partial charge in [-0.3, -0.25) is 0 Å². The van der Waals surface area contributed by atoms with Crippen LogP contribution in [0, 0.1) is 5.41 Å². The molecule has 2 heteroatoms. The molecule has 2 fully saturated rings. The fraction of sp³-hybridized carbons (Fsp3) is 1.00. The summed E-state index contributed by atoms with van der Waals surface area (Å²) in [7, 11) is 0. The molecule has 0 aromatic heterocycles. The summed E-state index contributed by atoms with van der Waals surface area (Å²) in [6, 6.07) is 1.16. The summed E-state index contributed by atoms with van der Waals surface area (Å²) in [6.45, 7) is 11.3. The Morgan fingerprint density at radius 2 is 1.80 bits per heavy atom. The third kappa shape index (κ3) is 4.12. The first-order valence-electron chi connectivity index (χ1n) is 6.49. The third-order valence-electron chi connectivity index (χ3n) is 3.64. The molecule has 0 radical (unpaired) electrons. The fourth-order valence-electron chi connectivity index (χ4n) is 2.19. The van der Waals surface area contributed by atoms with Crippen molar-refractivity contribution in [1.29, 1.82) is 0 Å². The highest BCUT2D eigenvalue weighted by Gasteiger charge is 2.48. The quantitative estimate of drug-likeness (QED) is 0.766. The van der Waals surface area contributed by atoms with Crippen LogP contribution in [-0.4, -0.2) is 30.1 Å². The lowest BCUT2D eigenvalue weighted by Gasteiger charge is -2.22. The zero-order chi connectivity index (χ0) is 11.5. The number of nitrogens with two attached hydrogens (primary N) is 1. The van der Waals surface area contributed by atoms with Crippen molar-refractivity contribution in [3.63, 3.8) is 0 Å². The Kier molecular flexibility index (Phi) is 4.60. The molecular formula is C13H30N2. The molecule has 2 nitrogen and oxygen atoms in total. The molecule has 2 N–H and O–H groups in total. The van der Waals surface area contributed by atoms with Crippen molar-refractivity contribution >= 4 is 0 Å². The smallest absolute Gasteiger partial charge is 0.00645 e. The molecule has 1 heterocycles. The first kappa shape index (κ1) is 13.0. The minimum atomic E-state index is 0. The Balaban J connectivity index is 0.000000397. The topological polar surface area (TPSA) is 29.3 Å². The van der Waals surface area contributed by atoms with Crippen molar-refractivity contribution < 1.29 is 1.43 Å². The zero-order valence-electron chi connectivity index (χ0n) is 10.9. The molecular weight excluding hydrogens is 184 g/mol. The van der Waals surface area contributed by atoms with Gasteiger partial charge in [0.25, 0.3) is 0 Å². The Morgan fingerprint density at radius 3 is 2.13 bits per heavy atom. The maximum Gasteiger partial charge on any atom is 0.00645 e. The molecule has 15 heavy (non-hydrogen) atoms. The number of rotatable bonds is 2. The minimum Gasteiger partial charge on any atom is -0.328 e. The van der Waals surface area contributed by atoms with Gasteiger partial charge >= 0.3 is 0 Å². The summed E-state index contributed by atoms with van der Waals surface area (Å²) in [6.07, 6.45) is 5.83. The summed E-state index contributed by atoms with van der Waals surface area (Å²) < 4.78 is 0. The van der Waals surface area contributed by atoms with Crippen LogP contribution in [0.2, 0.25) is 0 Å². The van der Waals surface area contributed by atoms with E-state index >= 15 is 0 Å². The summed E-state index contributed by atoms with van der Waals surface area (Å²) in [5.41, 5.74) is 5.93. The maximum absolute atomic E-state index is 5.11. The predicted octanol–water partition coefficient (Wildman–Crippen LogP) is 2.87. The molecule has 1 saturated carbocycles. The molecule has 0 bridgehead atoms. The maximum atomic E-state index is 5.11.